The fraction of sp³-hybridized carbons (Fsp3) is 0.269. The van der Waals surface area contributed by atoms with Crippen LogP contribution in [0.3, 0.4) is 0 Å². The maximum Gasteiger partial charge on any atom is 0.265 e. The molecule has 0 spiro atoms. The number of nitrogens with one attached hydrogen (secondary N) is 1. The van der Waals surface area contributed by atoms with Gasteiger partial charge >= 0.3 is 0 Å². The van der Waals surface area contributed by atoms with E-state index in [1.165, 1.54) is 11.3 Å². The lowest BCUT2D eigenvalue weighted by Gasteiger charge is -2.32. The summed E-state index contributed by atoms with van der Waals surface area (Å²) in [5.74, 6) is 0.790. The molecule has 1 aromatic heterocycles. The van der Waals surface area contributed by atoms with Gasteiger partial charge in [0.2, 0.25) is 0 Å². The topological polar surface area (TPSA) is 84.9 Å². The molecule has 2 aliphatic rings. The number of likely N-dealkylation sites (tertiary alicyclic amines) is 1. The Hall–Kier alpha value is -3.65. The fourth-order valence-electron chi connectivity index (χ4n) is 4.32. The molecule has 0 unspecified atom stereocenters. The second-order valence-electron chi connectivity index (χ2n) is 8.27. The number of thiophene rings is 1. The first kappa shape index (κ1) is 22.2. The Labute approximate surface area is 201 Å². The highest BCUT2D eigenvalue weighted by atomic mass is 32.1. The molecular formula is C26H24N2O5S. The summed E-state index contributed by atoms with van der Waals surface area (Å²) in [6.45, 7) is 1.94. The van der Waals surface area contributed by atoms with Gasteiger partial charge in [-0.15, -0.1) is 11.3 Å². The van der Waals surface area contributed by atoms with Crippen molar-refractivity contribution in [3.63, 3.8) is 0 Å². The number of carbonyl (C=O) groups excluding carboxylic acids is 3. The van der Waals surface area contributed by atoms with Crippen LogP contribution in [0.4, 0.5) is 5.69 Å². The highest BCUT2D eigenvalue weighted by Gasteiger charge is 2.30. The maximum absolute atomic E-state index is 13.3. The van der Waals surface area contributed by atoms with E-state index in [0.717, 1.165) is 0 Å². The van der Waals surface area contributed by atoms with Crippen molar-refractivity contribution in [3.8, 4) is 11.5 Å². The number of ether oxygens (including phenoxy) is 2. The standard InChI is InChI=1S/C26H24N2O5S/c29-24(18-7-8-21-22(16-18)33-14-13-32-21)17-9-11-28(12-10-17)26(31)19-4-1-2-5-20(19)27-25(30)23-6-3-15-34-23/h1-8,15-17H,9-14H2,(H,27,30). The van der Waals surface area contributed by atoms with Crippen LogP contribution in [0.1, 0.15) is 43.2 Å². The van der Waals surface area contributed by atoms with Crippen molar-refractivity contribution in [1.29, 1.82) is 0 Å². The number of Topliss-reactive ketones (excluding diaryl/α,β-unsaturated/α-hetero) is 1. The zero-order valence-electron chi connectivity index (χ0n) is 18.5. The normalized spacial score (nSPS) is 15.6. The number of fused-ring (bicyclic) bond motifs is 1. The Bertz CT molecular complexity index is 1220. The van der Waals surface area contributed by atoms with Gasteiger partial charge < -0.3 is 19.7 Å². The van der Waals surface area contributed by atoms with E-state index in [9.17, 15) is 14.4 Å². The first-order valence-corrected chi connectivity index (χ1v) is 12.1. The lowest BCUT2D eigenvalue weighted by atomic mass is 9.88. The lowest BCUT2D eigenvalue weighted by Crippen LogP contribution is -2.40. The van der Waals surface area contributed by atoms with Gasteiger partial charge in [0, 0.05) is 24.6 Å². The van der Waals surface area contributed by atoms with Crippen molar-refractivity contribution < 1.29 is 23.9 Å². The van der Waals surface area contributed by atoms with Gasteiger partial charge in [0.05, 0.1) is 16.1 Å². The second kappa shape index (κ2) is 9.69. The molecule has 3 aromatic rings. The minimum absolute atomic E-state index is 0.0627. The summed E-state index contributed by atoms with van der Waals surface area (Å²) in [5.41, 5.74) is 1.54. The van der Waals surface area contributed by atoms with Crippen LogP contribution in [-0.4, -0.2) is 48.8 Å². The first-order valence-electron chi connectivity index (χ1n) is 11.3. The fourth-order valence-corrected chi connectivity index (χ4v) is 4.94. The Balaban J connectivity index is 1.23. The molecule has 5 rings (SSSR count). The molecule has 0 bridgehead atoms. The Morgan fingerprint density at radius 1 is 0.912 bits per heavy atom. The molecule has 7 nitrogen and oxygen atoms in total. The number of hydrogen-bond donors (Lipinski definition) is 1. The summed E-state index contributed by atoms with van der Waals surface area (Å²) >= 11 is 1.35. The minimum Gasteiger partial charge on any atom is -0.486 e. The monoisotopic (exact) mass is 476 g/mol. The van der Waals surface area contributed by atoms with Gasteiger partial charge in [0.25, 0.3) is 11.8 Å². The summed E-state index contributed by atoms with van der Waals surface area (Å²) in [5, 5.41) is 4.69. The van der Waals surface area contributed by atoms with Crippen molar-refractivity contribution in [1.82, 2.24) is 4.90 Å². The number of rotatable bonds is 5. The number of para-hydroxylation sites is 1. The van der Waals surface area contributed by atoms with Crippen LogP contribution in [0, 0.1) is 5.92 Å². The van der Waals surface area contributed by atoms with E-state index < -0.39 is 0 Å². The van der Waals surface area contributed by atoms with Crippen LogP contribution in [-0.2, 0) is 0 Å². The lowest BCUT2D eigenvalue weighted by molar-refractivity contribution is 0.0651. The van der Waals surface area contributed by atoms with Crippen molar-refractivity contribution in [3.05, 3.63) is 76.0 Å². The quantitative estimate of drug-likeness (QED) is 0.548. The Morgan fingerprint density at radius 2 is 1.68 bits per heavy atom. The number of benzene rings is 2. The average Bonchev–Trinajstić information content (AvgIpc) is 3.43. The predicted molar refractivity (Wildman–Crippen MR) is 129 cm³/mol. The van der Waals surface area contributed by atoms with Crippen molar-refractivity contribution in [2.75, 3.05) is 31.6 Å². The zero-order chi connectivity index (χ0) is 23.5. The Kier molecular flexibility index (Phi) is 6.31. The molecule has 0 saturated carbocycles. The second-order valence-corrected chi connectivity index (χ2v) is 9.21. The number of ketones is 1. The summed E-state index contributed by atoms with van der Waals surface area (Å²) in [6, 6.07) is 15.9. The van der Waals surface area contributed by atoms with E-state index in [-0.39, 0.29) is 23.5 Å². The number of amides is 2. The highest BCUT2D eigenvalue weighted by molar-refractivity contribution is 7.12. The minimum atomic E-state index is -0.237. The molecule has 34 heavy (non-hydrogen) atoms. The van der Waals surface area contributed by atoms with Gasteiger partial charge in [0.1, 0.15) is 13.2 Å². The molecular weight excluding hydrogens is 452 g/mol. The van der Waals surface area contributed by atoms with Crippen LogP contribution in [0.2, 0.25) is 0 Å². The molecule has 1 N–H and O–H groups in total. The zero-order valence-corrected chi connectivity index (χ0v) is 19.3. The van der Waals surface area contributed by atoms with Gasteiger partial charge in [0.15, 0.2) is 17.3 Å². The maximum atomic E-state index is 13.3. The third kappa shape index (κ3) is 4.54. The van der Waals surface area contributed by atoms with E-state index in [2.05, 4.69) is 5.32 Å². The smallest absolute Gasteiger partial charge is 0.265 e. The van der Waals surface area contributed by atoms with E-state index in [1.807, 2.05) is 11.4 Å². The molecule has 2 amide bonds. The number of anilines is 1. The van der Waals surface area contributed by atoms with Crippen LogP contribution in [0.5, 0.6) is 11.5 Å². The number of piperidine rings is 1. The van der Waals surface area contributed by atoms with Crippen LogP contribution >= 0.6 is 11.3 Å². The largest absolute Gasteiger partial charge is 0.486 e. The molecule has 0 radical (unpaired) electrons. The Morgan fingerprint density at radius 3 is 2.44 bits per heavy atom. The van der Waals surface area contributed by atoms with Crippen LogP contribution in [0.25, 0.3) is 0 Å². The van der Waals surface area contributed by atoms with E-state index in [4.69, 9.17) is 9.47 Å². The van der Waals surface area contributed by atoms with Crippen LogP contribution in [0.15, 0.2) is 60.0 Å². The van der Waals surface area contributed by atoms with Crippen molar-refractivity contribution in [2.24, 2.45) is 5.92 Å². The molecule has 1 saturated heterocycles. The van der Waals surface area contributed by atoms with Crippen molar-refractivity contribution in [2.45, 2.75) is 12.8 Å². The van der Waals surface area contributed by atoms with Gasteiger partial charge in [-0.2, -0.15) is 0 Å². The SMILES string of the molecule is O=C(Nc1ccccc1C(=O)N1CCC(C(=O)c2ccc3c(c2)OCCO3)CC1)c1cccs1. The summed E-state index contributed by atoms with van der Waals surface area (Å²) in [4.78, 5) is 41.2. The van der Waals surface area contributed by atoms with Gasteiger partial charge in [-0.1, -0.05) is 18.2 Å². The third-order valence-electron chi connectivity index (χ3n) is 6.13. The molecule has 1 fully saturated rings. The highest BCUT2D eigenvalue weighted by Crippen LogP contribution is 2.33. The average molecular weight is 477 g/mol. The van der Waals surface area contributed by atoms with E-state index in [0.29, 0.717) is 72.3 Å². The number of carbonyl (C=O) groups is 3. The van der Waals surface area contributed by atoms with Gasteiger partial charge in [-0.3, -0.25) is 14.4 Å². The summed E-state index contributed by atoms with van der Waals surface area (Å²) in [7, 11) is 0. The predicted octanol–water partition coefficient (Wildman–Crippen LogP) is 4.51. The molecule has 2 aromatic carbocycles. The number of nitrogens with zero attached hydrogens (tertiary/aromatic N) is 1. The van der Waals surface area contributed by atoms with E-state index in [1.54, 1.807) is 53.4 Å². The van der Waals surface area contributed by atoms with Crippen molar-refractivity contribution >= 4 is 34.6 Å². The molecule has 0 aliphatic carbocycles. The summed E-state index contributed by atoms with van der Waals surface area (Å²) in [6.07, 6.45) is 1.17. The van der Waals surface area contributed by atoms with Crippen LogP contribution < -0.4 is 14.8 Å². The van der Waals surface area contributed by atoms with Gasteiger partial charge in [-0.25, -0.2) is 0 Å². The number of hydrogen-bond acceptors (Lipinski definition) is 6. The third-order valence-corrected chi connectivity index (χ3v) is 7.00. The molecule has 8 heteroatoms. The molecule has 3 heterocycles. The molecule has 174 valence electrons. The van der Waals surface area contributed by atoms with Gasteiger partial charge in [-0.05, 0) is 54.6 Å². The summed E-state index contributed by atoms with van der Waals surface area (Å²) < 4.78 is 11.1. The van der Waals surface area contributed by atoms with E-state index >= 15 is 0 Å². The first-order chi connectivity index (χ1) is 16.6. The molecule has 2 aliphatic heterocycles. The molecule has 0 atom stereocenters.